The molecule has 1 heterocycles. The molecule has 1 saturated carbocycles. The van der Waals surface area contributed by atoms with Crippen LogP contribution in [0, 0.1) is 24.1 Å². The van der Waals surface area contributed by atoms with Gasteiger partial charge in [-0.15, -0.1) is 0 Å². The third-order valence-electron chi connectivity index (χ3n) is 8.63. The Bertz CT molecular complexity index is 1360. The molecule has 37 heavy (non-hydrogen) atoms. The van der Waals surface area contributed by atoms with Crippen LogP contribution in [0.15, 0.2) is 48.7 Å². The lowest BCUT2D eigenvalue weighted by Gasteiger charge is -2.30. The molecule has 2 aromatic carbocycles. The predicted octanol–water partition coefficient (Wildman–Crippen LogP) is 7.60. The number of ether oxygens (including phenoxy) is 1. The molecule has 194 valence electrons. The van der Waals surface area contributed by atoms with Crippen molar-refractivity contribution in [3.8, 4) is 16.9 Å². The highest BCUT2D eigenvalue weighted by molar-refractivity contribution is 5.78. The maximum absolute atomic E-state index is 14.8. The Morgan fingerprint density at radius 2 is 1.97 bits per heavy atom. The van der Waals surface area contributed by atoms with Gasteiger partial charge in [-0.1, -0.05) is 52.0 Å². The van der Waals surface area contributed by atoms with Gasteiger partial charge in [0.2, 0.25) is 0 Å². The number of benzene rings is 2. The number of halogens is 1. The van der Waals surface area contributed by atoms with Gasteiger partial charge in [0.1, 0.15) is 18.2 Å². The number of hydrogen-bond acceptors (Lipinski definition) is 3. The Balaban J connectivity index is 1.44. The Morgan fingerprint density at radius 3 is 2.68 bits per heavy atom. The summed E-state index contributed by atoms with van der Waals surface area (Å²) in [7, 11) is 0. The lowest BCUT2D eigenvalue weighted by atomic mass is 9.75. The highest BCUT2D eigenvalue weighted by Crippen LogP contribution is 2.60. The van der Waals surface area contributed by atoms with Crippen LogP contribution in [0.3, 0.4) is 0 Å². The van der Waals surface area contributed by atoms with Crippen LogP contribution in [0.5, 0.6) is 5.75 Å². The second-order valence-electron chi connectivity index (χ2n) is 12.0. The minimum absolute atomic E-state index is 0.00939. The summed E-state index contributed by atoms with van der Waals surface area (Å²) in [6.07, 6.45) is 4.98. The van der Waals surface area contributed by atoms with Crippen LogP contribution in [0.2, 0.25) is 0 Å². The quantitative estimate of drug-likeness (QED) is 0.378. The molecule has 2 aliphatic rings. The molecular formula is C32H36FNO3. The first-order valence-corrected chi connectivity index (χ1v) is 13.2. The number of pyridine rings is 1. The van der Waals surface area contributed by atoms with E-state index in [0.717, 1.165) is 59.4 Å². The topological polar surface area (TPSA) is 59.4 Å². The molecule has 1 N–H and O–H groups in total. The zero-order chi connectivity index (χ0) is 26.5. The van der Waals surface area contributed by atoms with E-state index in [1.807, 2.05) is 31.2 Å². The molecule has 1 aromatic heterocycles. The van der Waals surface area contributed by atoms with Gasteiger partial charge in [0.25, 0.3) is 0 Å². The fourth-order valence-electron chi connectivity index (χ4n) is 5.95. The van der Waals surface area contributed by atoms with Crippen molar-refractivity contribution in [3.63, 3.8) is 0 Å². The lowest BCUT2D eigenvalue weighted by molar-refractivity contribution is -0.139. The van der Waals surface area contributed by atoms with Crippen molar-refractivity contribution in [2.45, 2.75) is 78.2 Å². The smallest absolute Gasteiger partial charge is 0.307 e. The molecule has 5 rings (SSSR count). The van der Waals surface area contributed by atoms with E-state index < -0.39 is 5.97 Å². The van der Waals surface area contributed by atoms with Crippen molar-refractivity contribution < 1.29 is 19.0 Å². The van der Waals surface area contributed by atoms with Crippen LogP contribution >= 0.6 is 0 Å². The molecule has 0 amide bonds. The number of aromatic nitrogens is 1. The number of nitrogens with zero attached hydrogens (tertiary/aromatic N) is 1. The van der Waals surface area contributed by atoms with Crippen LogP contribution in [-0.4, -0.2) is 16.1 Å². The summed E-state index contributed by atoms with van der Waals surface area (Å²) in [6, 6.07) is 14.1. The van der Waals surface area contributed by atoms with Crippen molar-refractivity contribution in [2.75, 3.05) is 0 Å². The Kier molecular flexibility index (Phi) is 6.37. The zero-order valence-electron chi connectivity index (χ0n) is 22.4. The van der Waals surface area contributed by atoms with E-state index in [-0.39, 0.29) is 28.5 Å². The average molecular weight is 502 g/mol. The molecule has 3 aromatic rings. The standard InChI is InChI=1S/C32H36FNO3/c1-19-13-26(29(33)17-34-19)24-11-8-21(14-25(24)20(2)31(3,4)5)18-37-23-10-9-22-7-6-12-32(27(22)15-23)16-28(32)30(35)36/h8-11,13-15,17,20,28H,6-7,12,16,18H2,1-5H3,(H,35,36)/t20-,28+,32+/m1/s1. The van der Waals surface area contributed by atoms with E-state index in [1.54, 1.807) is 0 Å². The number of hydrogen-bond donors (Lipinski definition) is 1. The Labute approximate surface area is 218 Å². The molecule has 1 spiro atoms. The van der Waals surface area contributed by atoms with Gasteiger partial charge in [0, 0.05) is 16.7 Å². The molecule has 4 nitrogen and oxygen atoms in total. The molecule has 0 unspecified atom stereocenters. The summed E-state index contributed by atoms with van der Waals surface area (Å²) < 4.78 is 21.1. The van der Waals surface area contributed by atoms with Gasteiger partial charge in [-0.2, -0.15) is 0 Å². The lowest BCUT2D eigenvalue weighted by Crippen LogP contribution is -2.21. The third kappa shape index (κ3) is 4.76. The van der Waals surface area contributed by atoms with E-state index in [4.69, 9.17) is 4.74 Å². The van der Waals surface area contributed by atoms with Gasteiger partial charge < -0.3 is 9.84 Å². The summed E-state index contributed by atoms with van der Waals surface area (Å²) in [5, 5.41) is 9.62. The molecular weight excluding hydrogens is 465 g/mol. The predicted molar refractivity (Wildman–Crippen MR) is 143 cm³/mol. The highest BCUT2D eigenvalue weighted by atomic mass is 19.1. The van der Waals surface area contributed by atoms with Crippen molar-refractivity contribution in [1.82, 2.24) is 4.98 Å². The largest absolute Gasteiger partial charge is 0.489 e. The molecule has 0 radical (unpaired) electrons. The second kappa shape index (κ2) is 9.27. The monoisotopic (exact) mass is 501 g/mol. The molecule has 0 aliphatic heterocycles. The normalized spacial score (nSPS) is 21.4. The molecule has 0 bridgehead atoms. The van der Waals surface area contributed by atoms with Crippen LogP contribution in [0.25, 0.3) is 11.1 Å². The summed E-state index contributed by atoms with van der Waals surface area (Å²) in [6.45, 7) is 11.0. The van der Waals surface area contributed by atoms with Crippen LogP contribution in [0.1, 0.15) is 80.8 Å². The number of carboxylic acid groups (broad SMARTS) is 1. The van der Waals surface area contributed by atoms with Crippen LogP contribution < -0.4 is 4.74 Å². The highest BCUT2D eigenvalue weighted by Gasteiger charge is 2.60. The summed E-state index contributed by atoms with van der Waals surface area (Å²) in [5.74, 6) is -0.351. The maximum atomic E-state index is 14.8. The number of aliphatic carboxylic acids is 1. The number of rotatable bonds is 6. The fourth-order valence-corrected chi connectivity index (χ4v) is 5.95. The minimum atomic E-state index is -0.694. The van der Waals surface area contributed by atoms with Crippen LogP contribution in [0.4, 0.5) is 4.39 Å². The number of carboxylic acids is 1. The van der Waals surface area contributed by atoms with E-state index >= 15 is 0 Å². The molecule has 3 atom stereocenters. The van der Waals surface area contributed by atoms with Crippen molar-refractivity contribution in [3.05, 3.63) is 82.4 Å². The Morgan fingerprint density at radius 1 is 1.19 bits per heavy atom. The van der Waals surface area contributed by atoms with Gasteiger partial charge >= 0.3 is 5.97 Å². The number of fused-ring (bicyclic) bond motifs is 2. The van der Waals surface area contributed by atoms with E-state index in [9.17, 15) is 14.3 Å². The molecule has 2 aliphatic carbocycles. The molecule has 1 fully saturated rings. The van der Waals surface area contributed by atoms with Crippen molar-refractivity contribution >= 4 is 5.97 Å². The van der Waals surface area contributed by atoms with Crippen molar-refractivity contribution in [1.29, 1.82) is 0 Å². The summed E-state index contributed by atoms with van der Waals surface area (Å²) in [4.78, 5) is 15.8. The third-order valence-corrected chi connectivity index (χ3v) is 8.63. The first-order chi connectivity index (χ1) is 17.5. The minimum Gasteiger partial charge on any atom is -0.489 e. The number of carbonyl (C=O) groups is 1. The molecule has 5 heteroatoms. The zero-order valence-corrected chi connectivity index (χ0v) is 22.4. The fraction of sp³-hybridized carbons (Fsp3) is 0.438. The second-order valence-corrected chi connectivity index (χ2v) is 12.0. The summed E-state index contributed by atoms with van der Waals surface area (Å²) in [5.41, 5.74) is 6.53. The SMILES string of the molecule is Cc1cc(-c2ccc(COc3ccc4c(c3)[C@]3(CCC4)C[C@H]3C(=O)O)cc2[C@@H](C)C(C)(C)C)c(F)cn1. The Hall–Kier alpha value is -3.21. The summed E-state index contributed by atoms with van der Waals surface area (Å²) >= 11 is 0. The van der Waals surface area contributed by atoms with E-state index in [2.05, 4.69) is 50.9 Å². The first kappa shape index (κ1) is 25.4. The maximum Gasteiger partial charge on any atom is 0.307 e. The average Bonchev–Trinajstić information content (AvgIpc) is 3.58. The number of aryl methyl sites for hydroxylation is 2. The van der Waals surface area contributed by atoms with Crippen molar-refractivity contribution in [2.24, 2.45) is 11.3 Å². The van der Waals surface area contributed by atoms with Gasteiger partial charge in [-0.25, -0.2) is 4.39 Å². The van der Waals surface area contributed by atoms with Gasteiger partial charge in [-0.3, -0.25) is 9.78 Å². The van der Waals surface area contributed by atoms with Gasteiger partial charge in [-0.05, 0) is 90.0 Å². The van der Waals surface area contributed by atoms with Gasteiger partial charge in [0.05, 0.1) is 12.1 Å². The van der Waals surface area contributed by atoms with Crippen LogP contribution in [-0.2, 0) is 23.2 Å². The van der Waals surface area contributed by atoms with Gasteiger partial charge in [0.15, 0.2) is 0 Å². The molecule has 0 saturated heterocycles. The first-order valence-electron chi connectivity index (χ1n) is 13.2. The van der Waals surface area contributed by atoms with E-state index in [0.29, 0.717) is 12.2 Å². The van der Waals surface area contributed by atoms with E-state index in [1.165, 1.54) is 11.8 Å².